The summed E-state index contributed by atoms with van der Waals surface area (Å²) >= 11 is 0. The maximum atomic E-state index is 4.18. The number of hydrogen-bond acceptors (Lipinski definition) is 1. The van der Waals surface area contributed by atoms with E-state index in [4.69, 9.17) is 0 Å². The van der Waals surface area contributed by atoms with Crippen LogP contribution >= 0.6 is 0 Å². The lowest BCUT2D eigenvalue weighted by molar-refractivity contribution is -0.508. The largest absolute Gasteiger partial charge is 0.375 e. The van der Waals surface area contributed by atoms with E-state index in [1.165, 1.54) is 22.6 Å². The molecule has 0 amide bonds. The molecule has 19 heavy (non-hydrogen) atoms. The molecule has 0 radical (unpaired) electrons. The molecule has 1 aliphatic heterocycles. The van der Waals surface area contributed by atoms with Crippen molar-refractivity contribution in [2.45, 2.75) is 6.54 Å². The van der Waals surface area contributed by atoms with Gasteiger partial charge in [-0.2, -0.15) is 4.40 Å². The quantitative estimate of drug-likeness (QED) is 0.384. The lowest BCUT2D eigenvalue weighted by atomic mass is 10.1. The summed E-state index contributed by atoms with van der Waals surface area (Å²) in [7, 11) is 0. The zero-order valence-corrected chi connectivity index (χ0v) is 10.2. The van der Waals surface area contributed by atoms with Gasteiger partial charge in [-0.25, -0.2) is 8.97 Å². The average molecular weight is 247 g/mol. The van der Waals surface area contributed by atoms with Crippen molar-refractivity contribution in [3.8, 4) is 11.3 Å². The molecule has 0 aliphatic carbocycles. The van der Waals surface area contributed by atoms with Crippen LogP contribution in [0.15, 0.2) is 55.2 Å². The van der Waals surface area contributed by atoms with Crippen molar-refractivity contribution >= 4 is 11.3 Å². The van der Waals surface area contributed by atoms with E-state index in [1.54, 1.807) is 0 Å². The normalized spacial score (nSPS) is 13.1. The van der Waals surface area contributed by atoms with Crippen LogP contribution in [0.3, 0.4) is 0 Å². The number of benzene rings is 1. The molecule has 4 aromatic rings. The van der Waals surface area contributed by atoms with Crippen LogP contribution in [0.5, 0.6) is 0 Å². The highest BCUT2D eigenvalue weighted by Crippen LogP contribution is 2.32. The predicted octanol–water partition coefficient (Wildman–Crippen LogP) is 1.90. The summed E-state index contributed by atoms with van der Waals surface area (Å²) in [6.07, 6.45) is 10.1. The smallest absolute Gasteiger partial charge is 0.258 e. The van der Waals surface area contributed by atoms with Crippen LogP contribution in [0.2, 0.25) is 0 Å². The summed E-state index contributed by atoms with van der Waals surface area (Å²) in [5.41, 5.74) is 5.14. The van der Waals surface area contributed by atoms with Crippen LogP contribution in [0.25, 0.3) is 22.6 Å². The Balaban J connectivity index is 1.94. The number of nitrogens with zero attached hydrogens (tertiary/aromatic N) is 4. The monoisotopic (exact) mass is 247 g/mol. The van der Waals surface area contributed by atoms with Crippen molar-refractivity contribution in [3.05, 3.63) is 60.8 Å². The molecule has 0 saturated carbocycles. The third-order valence-electron chi connectivity index (χ3n) is 3.92. The van der Waals surface area contributed by atoms with E-state index in [1.807, 2.05) is 18.6 Å². The second kappa shape index (κ2) is 3.03. The molecule has 3 aromatic heterocycles. The Bertz CT molecular complexity index is 945. The van der Waals surface area contributed by atoms with E-state index in [0.717, 1.165) is 12.1 Å². The van der Waals surface area contributed by atoms with Crippen molar-refractivity contribution in [2.75, 3.05) is 0 Å². The summed E-state index contributed by atoms with van der Waals surface area (Å²) in [5.74, 6) is 1.18. The van der Waals surface area contributed by atoms with Crippen LogP contribution in [0, 0.1) is 0 Å². The maximum absolute atomic E-state index is 4.18. The van der Waals surface area contributed by atoms with Gasteiger partial charge in [-0.05, 0) is 5.56 Å². The van der Waals surface area contributed by atoms with E-state index in [-0.39, 0.29) is 0 Å². The molecule has 4 heteroatoms. The van der Waals surface area contributed by atoms with E-state index in [2.05, 4.69) is 55.0 Å². The number of hydrogen-bond donors (Lipinski definition) is 0. The second-order valence-corrected chi connectivity index (χ2v) is 4.97. The van der Waals surface area contributed by atoms with Gasteiger partial charge >= 0.3 is 5.78 Å². The average Bonchev–Trinajstić information content (AvgIpc) is 3.05. The number of imidazole rings is 2. The number of aromatic nitrogens is 4. The first-order valence-electron chi connectivity index (χ1n) is 6.36. The lowest BCUT2D eigenvalue weighted by Gasteiger charge is -1.93. The highest BCUT2D eigenvalue weighted by molar-refractivity contribution is 5.69. The van der Waals surface area contributed by atoms with E-state index < -0.39 is 0 Å². The van der Waals surface area contributed by atoms with E-state index >= 15 is 0 Å². The van der Waals surface area contributed by atoms with Gasteiger partial charge in [0.2, 0.25) is 0 Å². The first-order valence-corrected chi connectivity index (χ1v) is 6.36. The van der Waals surface area contributed by atoms with Crippen LogP contribution in [-0.2, 0) is 6.54 Å². The Labute approximate surface area is 109 Å². The molecule has 1 aliphatic rings. The van der Waals surface area contributed by atoms with Gasteiger partial charge in [0.15, 0.2) is 5.52 Å². The fourth-order valence-electron chi connectivity index (χ4n) is 3.10. The summed E-state index contributed by atoms with van der Waals surface area (Å²) < 4.78 is 6.72. The van der Waals surface area contributed by atoms with Gasteiger partial charge in [-0.1, -0.05) is 24.3 Å². The first-order chi connectivity index (χ1) is 9.42. The molecule has 0 spiro atoms. The van der Waals surface area contributed by atoms with Crippen molar-refractivity contribution in [2.24, 2.45) is 0 Å². The van der Waals surface area contributed by atoms with Gasteiger partial charge in [-0.3, -0.25) is 4.98 Å². The summed E-state index contributed by atoms with van der Waals surface area (Å²) in [5, 5.41) is 0. The van der Waals surface area contributed by atoms with Gasteiger partial charge in [-0.15, -0.1) is 0 Å². The summed E-state index contributed by atoms with van der Waals surface area (Å²) in [6, 6.07) is 8.61. The van der Waals surface area contributed by atoms with Crippen LogP contribution in [0.1, 0.15) is 5.56 Å². The van der Waals surface area contributed by atoms with Gasteiger partial charge in [0.05, 0.1) is 25.1 Å². The van der Waals surface area contributed by atoms with Crippen molar-refractivity contribution in [1.82, 2.24) is 14.0 Å². The molecule has 90 valence electrons. The van der Waals surface area contributed by atoms with Crippen LogP contribution in [-0.4, -0.2) is 14.0 Å². The maximum Gasteiger partial charge on any atom is 0.375 e. The highest BCUT2D eigenvalue weighted by Gasteiger charge is 2.28. The van der Waals surface area contributed by atoms with Gasteiger partial charge < -0.3 is 0 Å². The Kier molecular flexibility index (Phi) is 1.49. The zero-order chi connectivity index (χ0) is 12.4. The predicted molar refractivity (Wildman–Crippen MR) is 70.9 cm³/mol. The van der Waals surface area contributed by atoms with E-state index in [9.17, 15) is 0 Å². The Morgan fingerprint density at radius 3 is 3.11 bits per heavy atom. The van der Waals surface area contributed by atoms with Gasteiger partial charge in [0, 0.05) is 5.56 Å². The van der Waals surface area contributed by atoms with E-state index in [0.29, 0.717) is 0 Å². The Morgan fingerprint density at radius 2 is 2.11 bits per heavy atom. The van der Waals surface area contributed by atoms with Crippen molar-refractivity contribution < 1.29 is 4.40 Å². The molecule has 4 nitrogen and oxygen atoms in total. The lowest BCUT2D eigenvalue weighted by Crippen LogP contribution is -2.16. The molecule has 0 fully saturated rings. The van der Waals surface area contributed by atoms with Gasteiger partial charge in [0.1, 0.15) is 18.1 Å². The molecule has 0 unspecified atom stereocenters. The topological polar surface area (TPSA) is 26.3 Å². The molecular weight excluding hydrogens is 236 g/mol. The molecule has 4 heterocycles. The van der Waals surface area contributed by atoms with Crippen LogP contribution < -0.4 is 4.40 Å². The fraction of sp³-hybridized carbons (Fsp3) is 0.0667. The molecule has 0 bridgehead atoms. The molecule has 1 aromatic carbocycles. The number of rotatable bonds is 0. The summed E-state index contributed by atoms with van der Waals surface area (Å²) in [4.78, 5) is 4.18. The van der Waals surface area contributed by atoms with Crippen molar-refractivity contribution in [3.63, 3.8) is 0 Å². The Morgan fingerprint density at radius 1 is 1.16 bits per heavy atom. The van der Waals surface area contributed by atoms with Gasteiger partial charge in [0.25, 0.3) is 0 Å². The molecular formula is C15H11N4+. The fourth-order valence-corrected chi connectivity index (χ4v) is 3.10. The minimum absolute atomic E-state index is 0.941. The first kappa shape index (κ1) is 9.33. The zero-order valence-electron chi connectivity index (χ0n) is 10.2. The SMILES string of the molecule is c1ccc2c(c1)Cn1c-2c[n+]2cc3cnccn3c12. The van der Waals surface area contributed by atoms with Crippen LogP contribution in [0.4, 0.5) is 0 Å². The molecule has 0 atom stereocenters. The third kappa shape index (κ3) is 1.04. The molecule has 0 N–H and O–H groups in total. The minimum atomic E-state index is 0.941. The second-order valence-electron chi connectivity index (χ2n) is 4.97. The summed E-state index contributed by atoms with van der Waals surface area (Å²) in [6.45, 7) is 0.941. The Hall–Kier alpha value is -2.62. The molecule has 0 saturated heterocycles. The third-order valence-corrected chi connectivity index (χ3v) is 3.92. The van der Waals surface area contributed by atoms with Crippen molar-refractivity contribution in [1.29, 1.82) is 0 Å². The minimum Gasteiger partial charge on any atom is -0.258 e. The number of fused-ring (bicyclic) bond motifs is 7. The molecule has 5 rings (SSSR count). The highest BCUT2D eigenvalue weighted by atomic mass is 15.2. The standard InChI is InChI=1S/C15H11N4/c1-2-4-13-11(3-1)8-19-14(13)10-17-9-12-7-16-5-6-18(12)15(17)19/h1-7,9-10H,8H2/q+1.